The second-order valence-electron chi connectivity index (χ2n) is 10.1. The van der Waals surface area contributed by atoms with Gasteiger partial charge in [0.1, 0.15) is 0 Å². The van der Waals surface area contributed by atoms with Crippen molar-refractivity contribution in [3.8, 4) is 0 Å². The van der Waals surface area contributed by atoms with Crippen molar-refractivity contribution in [1.82, 2.24) is 10.6 Å². The lowest BCUT2D eigenvalue weighted by Crippen LogP contribution is -2.61. The Hall–Kier alpha value is -1.26. The molecule has 5 heteroatoms. The van der Waals surface area contributed by atoms with Gasteiger partial charge in [0.15, 0.2) is 0 Å². The number of unbranched alkanes of at least 4 members (excludes halogenated alkanes) is 8. The summed E-state index contributed by atoms with van der Waals surface area (Å²) in [5.74, 6) is 2.52. The van der Waals surface area contributed by atoms with E-state index in [1.807, 2.05) is 0 Å². The van der Waals surface area contributed by atoms with Gasteiger partial charge >= 0.3 is 12.0 Å². The van der Waals surface area contributed by atoms with Gasteiger partial charge in [-0.15, -0.1) is 0 Å². The molecule has 0 saturated heterocycles. The largest absolute Gasteiger partial charge is 0.469 e. The monoisotopic (exact) mass is 406 g/mol. The number of esters is 1. The number of hydrogen-bond acceptors (Lipinski definition) is 3. The quantitative estimate of drug-likeness (QED) is 0.321. The van der Waals surface area contributed by atoms with Gasteiger partial charge in [-0.2, -0.15) is 0 Å². The Bertz CT molecular complexity index is 499. The van der Waals surface area contributed by atoms with Gasteiger partial charge in [0, 0.05) is 18.5 Å². The topological polar surface area (TPSA) is 67.4 Å². The van der Waals surface area contributed by atoms with Crippen LogP contribution >= 0.6 is 0 Å². The fraction of sp³-hybridized carbons (Fsp3) is 0.917. The highest BCUT2D eigenvalue weighted by Gasteiger charge is 2.51. The Labute approximate surface area is 177 Å². The molecule has 0 aromatic carbocycles. The summed E-state index contributed by atoms with van der Waals surface area (Å²) >= 11 is 0. The van der Waals surface area contributed by atoms with Gasteiger partial charge < -0.3 is 15.4 Å². The van der Waals surface area contributed by atoms with Crippen molar-refractivity contribution >= 4 is 12.0 Å². The van der Waals surface area contributed by atoms with E-state index in [0.717, 1.165) is 43.6 Å². The highest BCUT2D eigenvalue weighted by atomic mass is 16.5. The SMILES string of the molecule is COC(=O)CCCCCCCCCCCNC(=O)NC12CC3CC(CC(C3)C1)C2. The van der Waals surface area contributed by atoms with Crippen molar-refractivity contribution in [3.63, 3.8) is 0 Å². The molecule has 0 aliphatic heterocycles. The lowest BCUT2D eigenvalue weighted by molar-refractivity contribution is -0.140. The number of ether oxygens (including phenoxy) is 1. The van der Waals surface area contributed by atoms with Crippen LogP contribution in [0, 0.1) is 17.8 Å². The van der Waals surface area contributed by atoms with Gasteiger partial charge in [0.2, 0.25) is 0 Å². The van der Waals surface area contributed by atoms with E-state index in [9.17, 15) is 9.59 Å². The Kier molecular flexibility index (Phi) is 8.68. The van der Waals surface area contributed by atoms with Crippen molar-refractivity contribution < 1.29 is 14.3 Å². The number of carbonyl (C=O) groups excluding carboxylic acids is 2. The molecule has 4 fully saturated rings. The first-order chi connectivity index (χ1) is 14.1. The van der Waals surface area contributed by atoms with Gasteiger partial charge in [0.25, 0.3) is 0 Å². The highest BCUT2D eigenvalue weighted by molar-refractivity contribution is 5.74. The predicted molar refractivity (Wildman–Crippen MR) is 116 cm³/mol. The van der Waals surface area contributed by atoms with E-state index in [1.165, 1.54) is 84.2 Å². The summed E-state index contributed by atoms with van der Waals surface area (Å²) in [6, 6.07) is 0.0684. The number of urea groups is 1. The minimum atomic E-state index is -0.0924. The summed E-state index contributed by atoms with van der Waals surface area (Å²) in [6.45, 7) is 0.797. The molecule has 2 amide bonds. The summed E-state index contributed by atoms with van der Waals surface area (Å²) in [6.07, 6.45) is 19.1. The molecule has 4 bridgehead atoms. The predicted octanol–water partition coefficient (Wildman–Crippen LogP) is 5.33. The fourth-order valence-corrected chi connectivity index (χ4v) is 6.48. The third kappa shape index (κ3) is 7.18. The van der Waals surface area contributed by atoms with E-state index in [1.54, 1.807) is 0 Å². The molecule has 0 aromatic rings. The number of amides is 2. The molecule has 0 atom stereocenters. The Morgan fingerprint density at radius 1 is 0.793 bits per heavy atom. The van der Waals surface area contributed by atoms with Crippen LogP contribution in [0.2, 0.25) is 0 Å². The first kappa shape index (κ1) is 22.4. The van der Waals surface area contributed by atoms with Crippen LogP contribution < -0.4 is 10.6 Å². The lowest BCUT2D eigenvalue weighted by Gasteiger charge is -2.56. The molecule has 166 valence electrons. The van der Waals surface area contributed by atoms with Crippen molar-refractivity contribution in [2.45, 2.75) is 108 Å². The van der Waals surface area contributed by atoms with Crippen LogP contribution in [-0.2, 0) is 9.53 Å². The number of rotatable bonds is 13. The number of hydrogen-bond donors (Lipinski definition) is 2. The maximum Gasteiger partial charge on any atom is 0.315 e. The molecule has 4 aliphatic rings. The molecule has 0 heterocycles. The van der Waals surface area contributed by atoms with Crippen molar-refractivity contribution in [3.05, 3.63) is 0 Å². The summed E-state index contributed by atoms with van der Waals surface area (Å²) in [7, 11) is 1.45. The van der Waals surface area contributed by atoms with Gasteiger partial charge in [0.05, 0.1) is 7.11 Å². The Morgan fingerprint density at radius 3 is 1.79 bits per heavy atom. The molecule has 0 unspecified atom stereocenters. The molecule has 2 N–H and O–H groups in total. The van der Waals surface area contributed by atoms with Crippen LogP contribution in [0.5, 0.6) is 0 Å². The molecule has 4 saturated carbocycles. The molecule has 4 rings (SSSR count). The first-order valence-electron chi connectivity index (χ1n) is 12.2. The van der Waals surface area contributed by atoms with Crippen LogP contribution in [0.25, 0.3) is 0 Å². The van der Waals surface area contributed by atoms with Crippen LogP contribution in [0.1, 0.15) is 103 Å². The molecular weight excluding hydrogens is 364 g/mol. The molecule has 0 aromatic heterocycles. The highest BCUT2D eigenvalue weighted by Crippen LogP contribution is 2.55. The molecule has 5 nitrogen and oxygen atoms in total. The van der Waals surface area contributed by atoms with Crippen LogP contribution in [0.3, 0.4) is 0 Å². The second kappa shape index (κ2) is 11.2. The van der Waals surface area contributed by atoms with Gasteiger partial charge in [-0.1, -0.05) is 44.9 Å². The minimum Gasteiger partial charge on any atom is -0.469 e. The molecule has 29 heavy (non-hydrogen) atoms. The van der Waals surface area contributed by atoms with Gasteiger partial charge in [-0.05, 0) is 69.1 Å². The zero-order valence-electron chi connectivity index (χ0n) is 18.5. The molecule has 0 spiro atoms. The van der Waals surface area contributed by atoms with E-state index >= 15 is 0 Å². The van der Waals surface area contributed by atoms with Crippen molar-refractivity contribution in [2.75, 3.05) is 13.7 Å². The standard InChI is InChI=1S/C24H42N2O3/c1-29-22(27)11-9-7-5-3-2-4-6-8-10-12-25-23(28)26-24-16-19-13-20(17-24)15-21(14-19)18-24/h19-21H,2-18H2,1H3,(H2,25,26,28). The number of methoxy groups -OCH3 is 1. The fourth-order valence-electron chi connectivity index (χ4n) is 6.48. The first-order valence-corrected chi connectivity index (χ1v) is 12.2. The summed E-state index contributed by atoms with van der Waals surface area (Å²) in [5, 5.41) is 6.50. The zero-order valence-corrected chi connectivity index (χ0v) is 18.5. The third-order valence-corrected chi connectivity index (χ3v) is 7.49. The second-order valence-corrected chi connectivity index (χ2v) is 10.1. The normalized spacial score (nSPS) is 29.6. The maximum atomic E-state index is 12.4. The minimum absolute atomic E-state index is 0.0684. The summed E-state index contributed by atoms with van der Waals surface area (Å²) < 4.78 is 4.65. The Morgan fingerprint density at radius 2 is 1.28 bits per heavy atom. The third-order valence-electron chi connectivity index (χ3n) is 7.49. The van der Waals surface area contributed by atoms with Crippen LogP contribution in [0.4, 0.5) is 4.79 Å². The molecule has 4 aliphatic carbocycles. The lowest BCUT2D eigenvalue weighted by atomic mass is 9.53. The smallest absolute Gasteiger partial charge is 0.315 e. The van der Waals surface area contributed by atoms with E-state index < -0.39 is 0 Å². The number of carbonyl (C=O) groups is 2. The van der Waals surface area contributed by atoms with E-state index in [0.29, 0.717) is 6.42 Å². The summed E-state index contributed by atoms with van der Waals surface area (Å²) in [4.78, 5) is 23.4. The zero-order chi connectivity index (χ0) is 20.5. The van der Waals surface area contributed by atoms with E-state index in [-0.39, 0.29) is 17.5 Å². The van der Waals surface area contributed by atoms with Crippen LogP contribution in [-0.4, -0.2) is 31.2 Å². The number of nitrogens with one attached hydrogen (secondary N) is 2. The van der Waals surface area contributed by atoms with E-state index in [4.69, 9.17) is 0 Å². The maximum absolute atomic E-state index is 12.4. The van der Waals surface area contributed by atoms with Crippen LogP contribution in [0.15, 0.2) is 0 Å². The summed E-state index contributed by atoms with van der Waals surface area (Å²) in [5.41, 5.74) is 0.121. The van der Waals surface area contributed by atoms with Crippen molar-refractivity contribution in [2.24, 2.45) is 17.8 Å². The average molecular weight is 407 g/mol. The average Bonchev–Trinajstić information content (AvgIpc) is 2.67. The van der Waals surface area contributed by atoms with E-state index in [2.05, 4.69) is 15.4 Å². The van der Waals surface area contributed by atoms with Gasteiger partial charge in [-0.3, -0.25) is 4.79 Å². The Balaban J connectivity index is 1.13. The van der Waals surface area contributed by atoms with Crippen molar-refractivity contribution in [1.29, 1.82) is 0 Å². The molecule has 0 radical (unpaired) electrons. The van der Waals surface area contributed by atoms with Gasteiger partial charge in [-0.25, -0.2) is 4.79 Å². The molecular formula is C24H42N2O3.